The molecule has 1 aromatic rings. The fourth-order valence-corrected chi connectivity index (χ4v) is 2.77. The van der Waals surface area contributed by atoms with Gasteiger partial charge in [-0.3, -0.25) is 4.79 Å². The van der Waals surface area contributed by atoms with Gasteiger partial charge in [-0.25, -0.2) is 0 Å². The Morgan fingerprint density at radius 3 is 2.52 bits per heavy atom. The van der Waals surface area contributed by atoms with Gasteiger partial charge >= 0.3 is 0 Å². The van der Waals surface area contributed by atoms with E-state index < -0.39 is 0 Å². The van der Waals surface area contributed by atoms with Crippen LogP contribution in [0.15, 0.2) is 24.3 Å². The summed E-state index contributed by atoms with van der Waals surface area (Å²) in [4.78, 5) is 12.0. The first-order valence-corrected chi connectivity index (χ1v) is 8.02. The highest BCUT2D eigenvalue weighted by atomic mass is 16.5. The zero-order chi connectivity index (χ0) is 14.9. The molecule has 1 fully saturated rings. The molecule has 116 valence electrons. The van der Waals surface area contributed by atoms with Crippen LogP contribution in [0.1, 0.15) is 51.4 Å². The number of hydrogen-bond donors (Lipinski definition) is 2. The van der Waals surface area contributed by atoms with Crippen molar-refractivity contribution < 1.29 is 9.53 Å². The molecule has 2 rings (SSSR count). The molecule has 3 N–H and O–H groups in total. The van der Waals surface area contributed by atoms with E-state index in [9.17, 15) is 4.79 Å². The van der Waals surface area contributed by atoms with Gasteiger partial charge < -0.3 is 15.8 Å². The standard InChI is InChI=1S/C17H26N2O2/c18-15-10-6-7-11-16(15)21-13-12-17(20)19-14-8-4-2-1-3-5-9-14/h6-7,10-11,14H,1-5,8-9,12-13,18H2,(H,19,20). The van der Waals surface area contributed by atoms with E-state index in [2.05, 4.69) is 5.32 Å². The Kier molecular flexibility index (Phi) is 6.38. The number of hydrogen-bond acceptors (Lipinski definition) is 3. The maximum absolute atomic E-state index is 12.0. The smallest absolute Gasteiger partial charge is 0.223 e. The van der Waals surface area contributed by atoms with E-state index in [4.69, 9.17) is 10.5 Å². The van der Waals surface area contributed by atoms with Crippen LogP contribution in [0.25, 0.3) is 0 Å². The lowest BCUT2D eigenvalue weighted by Crippen LogP contribution is -2.35. The van der Waals surface area contributed by atoms with Crippen LogP contribution in [0.3, 0.4) is 0 Å². The lowest BCUT2D eigenvalue weighted by molar-refractivity contribution is -0.122. The number of rotatable bonds is 5. The highest BCUT2D eigenvalue weighted by Gasteiger charge is 2.13. The molecule has 1 aliphatic carbocycles. The van der Waals surface area contributed by atoms with Crippen LogP contribution in [0.5, 0.6) is 5.75 Å². The summed E-state index contributed by atoms with van der Waals surface area (Å²) in [6.07, 6.45) is 8.98. The van der Waals surface area contributed by atoms with Crippen molar-refractivity contribution in [1.29, 1.82) is 0 Å². The fraction of sp³-hybridized carbons (Fsp3) is 0.588. The summed E-state index contributed by atoms with van der Waals surface area (Å²) >= 11 is 0. The molecular formula is C17H26N2O2. The van der Waals surface area contributed by atoms with E-state index in [1.54, 1.807) is 6.07 Å². The monoisotopic (exact) mass is 290 g/mol. The van der Waals surface area contributed by atoms with Crippen LogP contribution in [0.4, 0.5) is 5.69 Å². The summed E-state index contributed by atoms with van der Waals surface area (Å²) in [6.45, 7) is 0.368. The van der Waals surface area contributed by atoms with Gasteiger partial charge in [0.15, 0.2) is 0 Å². The molecule has 4 heteroatoms. The summed E-state index contributed by atoms with van der Waals surface area (Å²) in [6, 6.07) is 7.70. The second-order valence-corrected chi connectivity index (χ2v) is 5.75. The molecule has 0 atom stereocenters. The second kappa shape index (κ2) is 8.55. The van der Waals surface area contributed by atoms with Crippen molar-refractivity contribution in [3.8, 4) is 5.75 Å². The third-order valence-corrected chi connectivity index (χ3v) is 3.98. The topological polar surface area (TPSA) is 64.3 Å². The number of carbonyl (C=O) groups excluding carboxylic acids is 1. The number of ether oxygens (including phenoxy) is 1. The third-order valence-electron chi connectivity index (χ3n) is 3.98. The average Bonchev–Trinajstić information content (AvgIpc) is 2.44. The molecule has 0 radical (unpaired) electrons. The number of para-hydroxylation sites is 2. The van der Waals surface area contributed by atoms with Gasteiger partial charge in [-0.05, 0) is 25.0 Å². The normalized spacial score (nSPS) is 16.8. The number of nitrogen functional groups attached to an aromatic ring is 1. The molecule has 0 bridgehead atoms. The van der Waals surface area contributed by atoms with Gasteiger partial charge in [0.25, 0.3) is 0 Å². The van der Waals surface area contributed by atoms with Crippen molar-refractivity contribution in [1.82, 2.24) is 5.32 Å². The zero-order valence-electron chi connectivity index (χ0n) is 12.6. The Balaban J connectivity index is 1.68. The molecule has 0 spiro atoms. The lowest BCUT2D eigenvalue weighted by atomic mass is 9.96. The van der Waals surface area contributed by atoms with E-state index in [0.29, 0.717) is 30.5 Å². The molecule has 0 heterocycles. The van der Waals surface area contributed by atoms with Crippen molar-refractivity contribution in [2.45, 2.75) is 57.4 Å². The molecular weight excluding hydrogens is 264 g/mol. The van der Waals surface area contributed by atoms with Crippen LogP contribution in [-0.2, 0) is 4.79 Å². The van der Waals surface area contributed by atoms with Crippen LogP contribution in [-0.4, -0.2) is 18.6 Å². The Morgan fingerprint density at radius 2 is 1.81 bits per heavy atom. The van der Waals surface area contributed by atoms with Crippen molar-refractivity contribution in [3.05, 3.63) is 24.3 Å². The Bertz CT molecular complexity index is 440. The highest BCUT2D eigenvalue weighted by molar-refractivity contribution is 5.76. The Morgan fingerprint density at radius 1 is 1.14 bits per heavy atom. The zero-order valence-corrected chi connectivity index (χ0v) is 12.6. The molecule has 1 amide bonds. The SMILES string of the molecule is Nc1ccccc1OCCC(=O)NC1CCCCCCC1. The Hall–Kier alpha value is -1.71. The van der Waals surface area contributed by atoms with Crippen LogP contribution in [0.2, 0.25) is 0 Å². The van der Waals surface area contributed by atoms with Crippen molar-refractivity contribution >= 4 is 11.6 Å². The number of amides is 1. The minimum absolute atomic E-state index is 0.0788. The maximum atomic E-state index is 12.0. The highest BCUT2D eigenvalue weighted by Crippen LogP contribution is 2.20. The first-order chi connectivity index (χ1) is 10.3. The molecule has 1 aliphatic rings. The Labute approximate surface area is 127 Å². The fourth-order valence-electron chi connectivity index (χ4n) is 2.77. The minimum Gasteiger partial charge on any atom is -0.491 e. The number of carbonyl (C=O) groups is 1. The molecule has 0 unspecified atom stereocenters. The summed E-state index contributed by atoms with van der Waals surface area (Å²) < 4.78 is 5.56. The van der Waals surface area contributed by atoms with Gasteiger partial charge in [-0.1, -0.05) is 44.2 Å². The first kappa shape index (κ1) is 15.7. The predicted molar refractivity (Wildman–Crippen MR) is 85.2 cm³/mol. The van der Waals surface area contributed by atoms with E-state index in [-0.39, 0.29) is 5.91 Å². The van der Waals surface area contributed by atoms with Gasteiger partial charge in [0, 0.05) is 6.04 Å². The minimum atomic E-state index is 0.0788. The predicted octanol–water partition coefficient (Wildman–Crippen LogP) is 3.27. The largest absolute Gasteiger partial charge is 0.491 e. The molecule has 4 nitrogen and oxygen atoms in total. The summed E-state index contributed by atoms with van der Waals surface area (Å²) in [5.74, 6) is 0.728. The second-order valence-electron chi connectivity index (χ2n) is 5.75. The summed E-state index contributed by atoms with van der Waals surface area (Å²) in [5.41, 5.74) is 6.40. The molecule has 0 aliphatic heterocycles. The van der Waals surface area contributed by atoms with Crippen molar-refractivity contribution in [2.75, 3.05) is 12.3 Å². The summed E-state index contributed by atoms with van der Waals surface area (Å²) in [7, 11) is 0. The number of nitrogens with two attached hydrogens (primary N) is 1. The summed E-state index contributed by atoms with van der Waals surface area (Å²) in [5, 5.41) is 3.14. The van der Waals surface area contributed by atoms with Crippen LogP contribution >= 0.6 is 0 Å². The van der Waals surface area contributed by atoms with Gasteiger partial charge in [0.2, 0.25) is 5.91 Å². The van der Waals surface area contributed by atoms with Gasteiger partial charge in [-0.2, -0.15) is 0 Å². The molecule has 1 aromatic carbocycles. The van der Waals surface area contributed by atoms with E-state index in [1.165, 1.54) is 32.1 Å². The maximum Gasteiger partial charge on any atom is 0.223 e. The first-order valence-electron chi connectivity index (χ1n) is 8.02. The van der Waals surface area contributed by atoms with E-state index >= 15 is 0 Å². The number of nitrogens with one attached hydrogen (secondary N) is 1. The van der Waals surface area contributed by atoms with E-state index in [0.717, 1.165) is 12.8 Å². The third kappa shape index (κ3) is 5.66. The van der Waals surface area contributed by atoms with Gasteiger partial charge in [-0.15, -0.1) is 0 Å². The molecule has 0 saturated heterocycles. The van der Waals surface area contributed by atoms with Crippen LogP contribution in [0, 0.1) is 0 Å². The van der Waals surface area contributed by atoms with Crippen LogP contribution < -0.4 is 15.8 Å². The molecule has 0 aromatic heterocycles. The van der Waals surface area contributed by atoms with Gasteiger partial charge in [0.05, 0.1) is 18.7 Å². The molecule has 1 saturated carbocycles. The lowest BCUT2D eigenvalue weighted by Gasteiger charge is -2.21. The van der Waals surface area contributed by atoms with Gasteiger partial charge in [0.1, 0.15) is 5.75 Å². The van der Waals surface area contributed by atoms with Crippen molar-refractivity contribution in [3.63, 3.8) is 0 Å². The number of benzene rings is 1. The number of anilines is 1. The molecule has 21 heavy (non-hydrogen) atoms. The van der Waals surface area contributed by atoms with E-state index in [1.807, 2.05) is 18.2 Å². The quantitative estimate of drug-likeness (QED) is 0.818. The average molecular weight is 290 g/mol. The van der Waals surface area contributed by atoms with Crippen molar-refractivity contribution in [2.24, 2.45) is 0 Å².